The summed E-state index contributed by atoms with van der Waals surface area (Å²) in [4.78, 5) is 11.9. The van der Waals surface area contributed by atoms with E-state index in [0.29, 0.717) is 10.7 Å². The Morgan fingerprint density at radius 2 is 1.89 bits per heavy atom. The van der Waals surface area contributed by atoms with Crippen LogP contribution in [0.15, 0.2) is 12.1 Å². The van der Waals surface area contributed by atoms with E-state index in [1.54, 1.807) is 6.92 Å². The molecule has 1 N–H and O–H groups in total. The van der Waals surface area contributed by atoms with Gasteiger partial charge >= 0.3 is 0 Å². The number of halogens is 5. The predicted octanol–water partition coefficient (Wildman–Crippen LogP) is 3.90. The molecule has 0 saturated carbocycles. The molecule has 0 aromatic heterocycles. The van der Waals surface area contributed by atoms with Crippen molar-refractivity contribution in [3.8, 4) is 0 Å². The number of amides is 1. The SMILES string of the molecule is CC(CBr)(CBr)NC(=O)c1cc(F)c(Cl)cc1F. The summed E-state index contributed by atoms with van der Waals surface area (Å²) < 4.78 is 26.7. The third-order valence-corrected chi connectivity index (χ3v) is 5.02. The van der Waals surface area contributed by atoms with E-state index in [9.17, 15) is 13.6 Å². The number of carbonyl (C=O) groups is 1. The quantitative estimate of drug-likeness (QED) is 0.598. The molecule has 0 spiro atoms. The van der Waals surface area contributed by atoms with Crippen LogP contribution in [0.5, 0.6) is 0 Å². The average Bonchev–Trinajstić information content (AvgIpc) is 2.33. The molecule has 1 aromatic rings. The second kappa shape index (κ2) is 6.30. The summed E-state index contributed by atoms with van der Waals surface area (Å²) in [6, 6.07) is 1.57. The molecule has 0 saturated heterocycles. The Labute approximate surface area is 125 Å². The van der Waals surface area contributed by atoms with Gasteiger partial charge in [-0.15, -0.1) is 0 Å². The topological polar surface area (TPSA) is 29.1 Å². The number of carbonyl (C=O) groups excluding carboxylic acids is 1. The fourth-order valence-corrected chi connectivity index (χ4v) is 2.50. The molecule has 0 bridgehead atoms. The Morgan fingerprint density at radius 1 is 1.33 bits per heavy atom. The first kappa shape index (κ1) is 15.9. The van der Waals surface area contributed by atoms with Gasteiger partial charge in [-0.2, -0.15) is 0 Å². The highest BCUT2D eigenvalue weighted by atomic mass is 79.9. The van der Waals surface area contributed by atoms with Crippen LogP contribution in [0.3, 0.4) is 0 Å². The highest BCUT2D eigenvalue weighted by molar-refractivity contribution is 9.09. The van der Waals surface area contributed by atoms with Gasteiger partial charge in [0, 0.05) is 10.7 Å². The van der Waals surface area contributed by atoms with Crippen LogP contribution < -0.4 is 5.32 Å². The number of benzene rings is 1. The predicted molar refractivity (Wildman–Crippen MR) is 74.8 cm³/mol. The Hall–Kier alpha value is -0.200. The molecular weight excluding hydrogens is 395 g/mol. The molecule has 0 heterocycles. The van der Waals surface area contributed by atoms with Crippen molar-refractivity contribution in [1.29, 1.82) is 0 Å². The molecule has 0 aliphatic carbocycles. The largest absolute Gasteiger partial charge is 0.345 e. The van der Waals surface area contributed by atoms with Gasteiger partial charge in [0.2, 0.25) is 0 Å². The fraction of sp³-hybridized carbons (Fsp3) is 0.364. The lowest BCUT2D eigenvalue weighted by Gasteiger charge is -2.26. The molecule has 0 atom stereocenters. The molecule has 1 rings (SSSR count). The molecule has 0 aliphatic heterocycles. The lowest BCUT2D eigenvalue weighted by atomic mass is 10.1. The van der Waals surface area contributed by atoms with Crippen molar-refractivity contribution in [3.63, 3.8) is 0 Å². The number of nitrogens with one attached hydrogen (secondary N) is 1. The van der Waals surface area contributed by atoms with Crippen molar-refractivity contribution in [2.45, 2.75) is 12.5 Å². The zero-order chi connectivity index (χ0) is 13.9. The third-order valence-electron chi connectivity index (χ3n) is 2.26. The van der Waals surface area contributed by atoms with Gasteiger partial charge in [0.05, 0.1) is 16.1 Å². The minimum Gasteiger partial charge on any atom is -0.345 e. The van der Waals surface area contributed by atoms with Gasteiger partial charge in [-0.1, -0.05) is 43.5 Å². The highest BCUT2D eigenvalue weighted by Crippen LogP contribution is 2.20. The van der Waals surface area contributed by atoms with E-state index < -0.39 is 23.1 Å². The zero-order valence-electron chi connectivity index (χ0n) is 9.37. The lowest BCUT2D eigenvalue weighted by Crippen LogP contribution is -2.49. The smallest absolute Gasteiger partial charge is 0.254 e. The van der Waals surface area contributed by atoms with Gasteiger partial charge in [0.15, 0.2) is 0 Å². The first-order chi connectivity index (χ1) is 8.33. The number of hydrogen-bond acceptors (Lipinski definition) is 1. The van der Waals surface area contributed by atoms with Crippen LogP contribution in [0.1, 0.15) is 17.3 Å². The minimum absolute atomic E-state index is 0.354. The second-order valence-corrected chi connectivity index (χ2v) is 5.56. The Kier molecular flexibility index (Phi) is 5.55. The van der Waals surface area contributed by atoms with Crippen LogP contribution >= 0.6 is 43.5 Å². The van der Waals surface area contributed by atoms with Gasteiger partial charge in [-0.25, -0.2) is 8.78 Å². The van der Waals surface area contributed by atoms with E-state index in [1.807, 2.05) is 0 Å². The lowest BCUT2D eigenvalue weighted by molar-refractivity contribution is 0.0918. The number of rotatable bonds is 4. The molecule has 1 aromatic carbocycles. The maximum atomic E-state index is 13.5. The Morgan fingerprint density at radius 3 is 2.39 bits per heavy atom. The van der Waals surface area contributed by atoms with Gasteiger partial charge in [-0.3, -0.25) is 4.79 Å². The van der Waals surface area contributed by atoms with E-state index >= 15 is 0 Å². The molecule has 0 fully saturated rings. The molecule has 0 radical (unpaired) electrons. The number of alkyl halides is 2. The van der Waals surface area contributed by atoms with Gasteiger partial charge < -0.3 is 5.32 Å². The normalized spacial score (nSPS) is 11.4. The number of hydrogen-bond donors (Lipinski definition) is 1. The van der Waals surface area contributed by atoms with Gasteiger partial charge in [-0.05, 0) is 19.1 Å². The highest BCUT2D eigenvalue weighted by Gasteiger charge is 2.26. The van der Waals surface area contributed by atoms with Crippen molar-refractivity contribution in [3.05, 3.63) is 34.4 Å². The molecule has 2 nitrogen and oxygen atoms in total. The maximum absolute atomic E-state index is 13.5. The van der Waals surface area contributed by atoms with Gasteiger partial charge in [0.25, 0.3) is 5.91 Å². The van der Waals surface area contributed by atoms with E-state index in [4.69, 9.17) is 11.6 Å². The maximum Gasteiger partial charge on any atom is 0.254 e. The summed E-state index contributed by atoms with van der Waals surface area (Å²) >= 11 is 11.9. The van der Waals surface area contributed by atoms with Crippen LogP contribution in [-0.4, -0.2) is 22.1 Å². The summed E-state index contributed by atoms with van der Waals surface area (Å²) in [5.74, 6) is -2.38. The van der Waals surface area contributed by atoms with Crippen molar-refractivity contribution in [2.24, 2.45) is 0 Å². The fourth-order valence-electron chi connectivity index (χ4n) is 1.14. The minimum atomic E-state index is -0.856. The van der Waals surface area contributed by atoms with E-state index in [-0.39, 0.29) is 10.6 Å². The molecule has 0 unspecified atom stereocenters. The third kappa shape index (κ3) is 3.65. The second-order valence-electron chi connectivity index (χ2n) is 4.03. The summed E-state index contributed by atoms with van der Waals surface area (Å²) in [5.41, 5.74) is -0.968. The molecule has 100 valence electrons. The standard InChI is InChI=1S/C11H10Br2ClF2NO/c1-11(4-12,5-13)17-10(18)6-2-9(16)7(14)3-8(6)15/h2-3H,4-5H2,1H3,(H,17,18). The van der Waals surface area contributed by atoms with E-state index in [0.717, 1.165) is 12.1 Å². The molecule has 18 heavy (non-hydrogen) atoms. The first-order valence-electron chi connectivity index (χ1n) is 4.92. The van der Waals surface area contributed by atoms with Crippen molar-refractivity contribution in [2.75, 3.05) is 10.7 Å². The van der Waals surface area contributed by atoms with Crippen LogP contribution in [0, 0.1) is 11.6 Å². The summed E-state index contributed by atoms with van der Waals surface area (Å²) in [6.45, 7) is 1.76. The molecule has 7 heteroatoms. The van der Waals surface area contributed by atoms with Crippen LogP contribution in [0.25, 0.3) is 0 Å². The van der Waals surface area contributed by atoms with Crippen LogP contribution in [-0.2, 0) is 0 Å². The van der Waals surface area contributed by atoms with Crippen LogP contribution in [0.4, 0.5) is 8.78 Å². The summed E-state index contributed by atoms with van der Waals surface area (Å²) in [5, 5.41) is 3.19. The monoisotopic (exact) mass is 403 g/mol. The molecule has 1 amide bonds. The summed E-state index contributed by atoms with van der Waals surface area (Å²) in [6.07, 6.45) is 0. The summed E-state index contributed by atoms with van der Waals surface area (Å²) in [7, 11) is 0. The van der Waals surface area contributed by atoms with E-state index in [1.165, 1.54) is 0 Å². The van der Waals surface area contributed by atoms with Gasteiger partial charge in [0.1, 0.15) is 11.6 Å². The zero-order valence-corrected chi connectivity index (χ0v) is 13.3. The first-order valence-corrected chi connectivity index (χ1v) is 7.54. The molecular formula is C11H10Br2ClF2NO. The van der Waals surface area contributed by atoms with Crippen molar-refractivity contribution < 1.29 is 13.6 Å². The van der Waals surface area contributed by atoms with Crippen molar-refractivity contribution >= 4 is 49.4 Å². The average molecular weight is 405 g/mol. The Bertz CT molecular complexity index is 467. The Balaban J connectivity index is 3.01. The van der Waals surface area contributed by atoms with Crippen LogP contribution in [0.2, 0.25) is 5.02 Å². The molecule has 0 aliphatic rings. The van der Waals surface area contributed by atoms with Crippen molar-refractivity contribution in [1.82, 2.24) is 5.32 Å². The van der Waals surface area contributed by atoms with E-state index in [2.05, 4.69) is 37.2 Å².